The van der Waals surface area contributed by atoms with Gasteiger partial charge in [0.1, 0.15) is 11.1 Å². The molecule has 0 fully saturated rings. The van der Waals surface area contributed by atoms with Crippen LogP contribution < -0.4 is 9.47 Å². The molecule has 0 saturated heterocycles. The third-order valence-corrected chi connectivity index (χ3v) is 6.05. The van der Waals surface area contributed by atoms with E-state index in [4.69, 9.17) is 9.47 Å². The number of nitrogens with zero attached hydrogens (tertiary/aromatic N) is 2. The normalized spacial score (nSPS) is 13.6. The number of methoxy groups -OCH3 is 2. The molecule has 24 heavy (non-hydrogen) atoms. The molecule has 4 nitrogen and oxygen atoms in total. The van der Waals surface area contributed by atoms with Crippen LogP contribution in [0.1, 0.15) is 34.4 Å². The summed E-state index contributed by atoms with van der Waals surface area (Å²) < 4.78 is 11.7. The lowest BCUT2D eigenvalue weighted by Gasteiger charge is -2.10. The van der Waals surface area contributed by atoms with Crippen LogP contribution in [0.3, 0.4) is 0 Å². The number of aryl methyl sites for hydroxylation is 1. The van der Waals surface area contributed by atoms with E-state index in [9.17, 15) is 5.26 Å². The van der Waals surface area contributed by atoms with E-state index in [1.165, 1.54) is 16.9 Å². The molecule has 0 radical (unpaired) electrons. The fraction of sp³-hybridized carbons (Fsp3) is 0.333. The van der Waals surface area contributed by atoms with E-state index in [0.29, 0.717) is 5.75 Å². The Balaban J connectivity index is 1.96. The molecule has 1 aromatic heterocycles. The Morgan fingerprint density at radius 3 is 2.75 bits per heavy atom. The monoisotopic (exact) mass is 452 g/mol. The first-order valence-corrected chi connectivity index (χ1v) is 9.57. The van der Waals surface area contributed by atoms with Crippen LogP contribution in [0.2, 0.25) is 0 Å². The second-order valence-corrected chi connectivity index (χ2v) is 7.75. The summed E-state index contributed by atoms with van der Waals surface area (Å²) in [4.78, 5) is 5.92. The smallest absolute Gasteiger partial charge is 0.174 e. The van der Waals surface area contributed by atoms with Crippen LogP contribution in [-0.2, 0) is 12.8 Å². The fourth-order valence-corrected chi connectivity index (χ4v) is 4.93. The summed E-state index contributed by atoms with van der Waals surface area (Å²) in [6.07, 6.45) is 6.23. The number of fused-ring (bicyclic) bond motifs is 1. The van der Waals surface area contributed by atoms with Gasteiger partial charge in [0.05, 0.1) is 23.4 Å². The van der Waals surface area contributed by atoms with Gasteiger partial charge in [-0.25, -0.2) is 4.99 Å². The van der Waals surface area contributed by atoms with Crippen LogP contribution in [0.25, 0.3) is 0 Å². The summed E-state index contributed by atoms with van der Waals surface area (Å²) in [5.74, 6) is 1.40. The van der Waals surface area contributed by atoms with Crippen molar-refractivity contribution < 1.29 is 9.47 Å². The van der Waals surface area contributed by atoms with Gasteiger partial charge in [-0.3, -0.25) is 0 Å². The molecular formula is C18H17IN2O2S. The lowest BCUT2D eigenvalue weighted by atomic mass is 9.96. The first kappa shape index (κ1) is 17.2. The van der Waals surface area contributed by atoms with E-state index in [1.807, 2.05) is 12.1 Å². The molecule has 0 amide bonds. The Labute approximate surface area is 159 Å². The Hall–Kier alpha value is -1.59. The molecule has 0 aliphatic heterocycles. The van der Waals surface area contributed by atoms with Crippen molar-refractivity contribution in [2.45, 2.75) is 25.7 Å². The van der Waals surface area contributed by atoms with Crippen molar-refractivity contribution in [1.29, 1.82) is 5.26 Å². The molecule has 0 atom stereocenters. The standard InChI is InChI=1S/C18H17IN2O2S/c1-22-15-8-11(7-14(19)17(15)23-2)10-21-18-13(9-20)12-5-3-4-6-16(12)24-18/h7-8,10H,3-6H2,1-2H3/b21-10+. The maximum atomic E-state index is 9.50. The number of rotatable bonds is 4. The Kier molecular flexibility index (Phi) is 5.41. The highest BCUT2D eigenvalue weighted by atomic mass is 127. The molecule has 1 aliphatic carbocycles. The van der Waals surface area contributed by atoms with Crippen molar-refractivity contribution >= 4 is 45.1 Å². The quantitative estimate of drug-likeness (QED) is 0.491. The number of hydrogen-bond acceptors (Lipinski definition) is 5. The summed E-state index contributed by atoms with van der Waals surface area (Å²) in [6, 6.07) is 6.23. The van der Waals surface area contributed by atoms with E-state index < -0.39 is 0 Å². The largest absolute Gasteiger partial charge is 0.493 e. The van der Waals surface area contributed by atoms with Gasteiger partial charge >= 0.3 is 0 Å². The van der Waals surface area contributed by atoms with Crippen molar-refractivity contribution in [1.82, 2.24) is 0 Å². The molecule has 1 aliphatic rings. The zero-order chi connectivity index (χ0) is 17.1. The molecule has 6 heteroatoms. The van der Waals surface area contributed by atoms with Crippen molar-refractivity contribution in [2.75, 3.05) is 14.2 Å². The minimum Gasteiger partial charge on any atom is -0.493 e. The topological polar surface area (TPSA) is 54.6 Å². The number of nitriles is 1. The van der Waals surface area contributed by atoms with E-state index >= 15 is 0 Å². The van der Waals surface area contributed by atoms with Crippen molar-refractivity contribution in [2.24, 2.45) is 4.99 Å². The Bertz CT molecular complexity index is 837. The molecular weight excluding hydrogens is 435 g/mol. The highest BCUT2D eigenvalue weighted by molar-refractivity contribution is 14.1. The summed E-state index contributed by atoms with van der Waals surface area (Å²) >= 11 is 3.87. The van der Waals surface area contributed by atoms with Gasteiger partial charge in [-0.2, -0.15) is 5.26 Å². The third kappa shape index (κ3) is 3.28. The van der Waals surface area contributed by atoms with Gasteiger partial charge in [-0.15, -0.1) is 11.3 Å². The summed E-state index contributed by atoms with van der Waals surface area (Å²) in [5, 5.41) is 10.3. The van der Waals surface area contributed by atoms with Gasteiger partial charge in [0.15, 0.2) is 11.5 Å². The Morgan fingerprint density at radius 1 is 1.25 bits per heavy atom. The van der Waals surface area contributed by atoms with Gasteiger partial charge in [-0.05, 0) is 71.5 Å². The van der Waals surface area contributed by atoms with Gasteiger partial charge in [0, 0.05) is 11.1 Å². The molecule has 1 aromatic carbocycles. The number of ether oxygens (including phenoxy) is 2. The van der Waals surface area contributed by atoms with E-state index in [-0.39, 0.29) is 0 Å². The van der Waals surface area contributed by atoms with Crippen LogP contribution in [-0.4, -0.2) is 20.4 Å². The number of aliphatic imine (C=N–C) groups is 1. The molecule has 124 valence electrons. The van der Waals surface area contributed by atoms with Crippen LogP contribution in [0, 0.1) is 14.9 Å². The predicted molar refractivity (Wildman–Crippen MR) is 105 cm³/mol. The lowest BCUT2D eigenvalue weighted by molar-refractivity contribution is 0.353. The molecule has 0 saturated carbocycles. The molecule has 3 rings (SSSR count). The average Bonchev–Trinajstić information content (AvgIpc) is 2.96. The molecule has 0 bridgehead atoms. The maximum absolute atomic E-state index is 9.50. The third-order valence-electron chi connectivity index (χ3n) is 4.05. The first-order chi connectivity index (χ1) is 11.7. The minimum atomic E-state index is 0.678. The number of hydrogen-bond donors (Lipinski definition) is 0. The number of thiophene rings is 1. The number of halogens is 1. The van der Waals surface area contributed by atoms with Crippen LogP contribution >= 0.6 is 33.9 Å². The van der Waals surface area contributed by atoms with Gasteiger partial charge in [0.25, 0.3) is 0 Å². The van der Waals surface area contributed by atoms with Crippen LogP contribution in [0.4, 0.5) is 5.00 Å². The minimum absolute atomic E-state index is 0.678. The Morgan fingerprint density at radius 2 is 2.04 bits per heavy atom. The molecule has 0 spiro atoms. The zero-order valence-corrected chi connectivity index (χ0v) is 16.5. The second-order valence-electron chi connectivity index (χ2n) is 5.50. The lowest BCUT2D eigenvalue weighted by Crippen LogP contribution is -1.99. The van der Waals surface area contributed by atoms with Gasteiger partial charge < -0.3 is 9.47 Å². The van der Waals surface area contributed by atoms with Crippen LogP contribution in [0.15, 0.2) is 17.1 Å². The predicted octanol–water partition coefficient (Wildman–Crippen LogP) is 4.87. The van der Waals surface area contributed by atoms with Gasteiger partial charge in [0.2, 0.25) is 0 Å². The van der Waals surface area contributed by atoms with Gasteiger partial charge in [-0.1, -0.05) is 0 Å². The molecule has 1 heterocycles. The van der Waals surface area contributed by atoms with Crippen molar-refractivity contribution in [3.05, 3.63) is 37.3 Å². The highest BCUT2D eigenvalue weighted by Gasteiger charge is 2.20. The van der Waals surface area contributed by atoms with Crippen molar-refractivity contribution in [3.63, 3.8) is 0 Å². The number of benzene rings is 1. The molecule has 0 N–H and O–H groups in total. The fourth-order valence-electron chi connectivity index (χ4n) is 2.90. The summed E-state index contributed by atoms with van der Waals surface area (Å²) in [6.45, 7) is 0. The first-order valence-electron chi connectivity index (χ1n) is 7.68. The van der Waals surface area contributed by atoms with E-state index in [2.05, 4.69) is 33.7 Å². The highest BCUT2D eigenvalue weighted by Crippen LogP contribution is 2.39. The van der Waals surface area contributed by atoms with E-state index in [0.717, 1.165) is 44.7 Å². The SMILES string of the molecule is COc1cc(/C=N/c2sc3c(c2C#N)CCCC3)cc(I)c1OC. The summed E-state index contributed by atoms with van der Waals surface area (Å²) in [7, 11) is 3.25. The summed E-state index contributed by atoms with van der Waals surface area (Å²) in [5.41, 5.74) is 2.89. The van der Waals surface area contributed by atoms with Crippen molar-refractivity contribution in [3.8, 4) is 17.6 Å². The average molecular weight is 452 g/mol. The zero-order valence-electron chi connectivity index (χ0n) is 13.6. The van der Waals surface area contributed by atoms with E-state index in [1.54, 1.807) is 31.8 Å². The molecule has 2 aromatic rings. The maximum Gasteiger partial charge on any atom is 0.174 e. The second kappa shape index (κ2) is 7.53. The molecule has 0 unspecified atom stereocenters. The van der Waals surface area contributed by atoms with Crippen LogP contribution in [0.5, 0.6) is 11.5 Å².